The lowest BCUT2D eigenvalue weighted by Gasteiger charge is -2.28. The molecule has 0 bridgehead atoms. The van der Waals surface area contributed by atoms with Gasteiger partial charge in [0.25, 0.3) is 5.91 Å². The number of amides is 1. The molecule has 1 fully saturated rings. The number of nitrogens with one attached hydrogen (secondary N) is 1. The number of nitriles is 1. The largest absolute Gasteiger partial charge is 0.474 e. The molecule has 7 heteroatoms. The van der Waals surface area contributed by atoms with Crippen LogP contribution in [0.3, 0.4) is 0 Å². The van der Waals surface area contributed by atoms with Gasteiger partial charge in [0.15, 0.2) is 5.69 Å². The number of ether oxygens (including phenoxy) is 1. The Hall–Kier alpha value is -2.88. The van der Waals surface area contributed by atoms with Crippen molar-refractivity contribution in [3.05, 3.63) is 41.4 Å². The number of nitrogens with zero attached hydrogens (tertiary/aromatic N) is 3. The molecule has 1 amide bonds. The Morgan fingerprint density at radius 1 is 1.38 bits per heavy atom. The lowest BCUT2D eigenvalue weighted by atomic mass is 9.93. The monoisotopic (exact) mass is 326 g/mol. The Morgan fingerprint density at radius 2 is 2.17 bits per heavy atom. The van der Waals surface area contributed by atoms with Crippen molar-refractivity contribution in [2.45, 2.75) is 44.8 Å². The predicted octanol–water partition coefficient (Wildman–Crippen LogP) is 2.37. The standard InChI is InChI=1S/C17H18N4O3/c1-11-8-15(21-24-11)17(22)20-13-3-5-14(6-4-13)23-16-7-2-12(9-18)10-19-16/h2,7-8,10,13-14H,3-6H2,1H3,(H,20,22). The van der Waals surface area contributed by atoms with E-state index in [1.165, 1.54) is 6.20 Å². The molecule has 0 aliphatic heterocycles. The molecule has 2 aromatic heterocycles. The number of pyridine rings is 1. The summed E-state index contributed by atoms with van der Waals surface area (Å²) in [6.45, 7) is 1.75. The first-order chi connectivity index (χ1) is 11.6. The van der Waals surface area contributed by atoms with E-state index in [4.69, 9.17) is 14.5 Å². The van der Waals surface area contributed by atoms with Crippen molar-refractivity contribution < 1.29 is 14.1 Å². The van der Waals surface area contributed by atoms with E-state index < -0.39 is 0 Å². The molecule has 24 heavy (non-hydrogen) atoms. The molecule has 2 heterocycles. The van der Waals surface area contributed by atoms with E-state index in [2.05, 4.69) is 15.5 Å². The van der Waals surface area contributed by atoms with Crippen LogP contribution in [0.5, 0.6) is 5.88 Å². The van der Waals surface area contributed by atoms with Crippen LogP contribution in [-0.2, 0) is 0 Å². The summed E-state index contributed by atoms with van der Waals surface area (Å²) in [6.07, 6.45) is 4.93. The summed E-state index contributed by atoms with van der Waals surface area (Å²) in [6, 6.07) is 7.16. The summed E-state index contributed by atoms with van der Waals surface area (Å²) in [5, 5.41) is 15.5. The number of rotatable bonds is 4. The zero-order chi connectivity index (χ0) is 16.9. The predicted molar refractivity (Wildman–Crippen MR) is 84.3 cm³/mol. The molecular formula is C17H18N4O3. The molecule has 7 nitrogen and oxygen atoms in total. The summed E-state index contributed by atoms with van der Waals surface area (Å²) in [5.41, 5.74) is 0.824. The summed E-state index contributed by atoms with van der Waals surface area (Å²) in [7, 11) is 0. The number of carbonyl (C=O) groups excluding carboxylic acids is 1. The summed E-state index contributed by atoms with van der Waals surface area (Å²) in [4.78, 5) is 16.2. The molecule has 0 atom stereocenters. The molecule has 0 radical (unpaired) electrons. The van der Waals surface area contributed by atoms with Crippen LogP contribution < -0.4 is 10.1 Å². The molecule has 1 N–H and O–H groups in total. The van der Waals surface area contributed by atoms with E-state index in [9.17, 15) is 4.79 Å². The fourth-order valence-electron chi connectivity index (χ4n) is 2.74. The second-order valence-corrected chi connectivity index (χ2v) is 5.88. The van der Waals surface area contributed by atoms with Crippen LogP contribution in [0.25, 0.3) is 0 Å². The molecule has 1 saturated carbocycles. The van der Waals surface area contributed by atoms with Gasteiger partial charge in [-0.3, -0.25) is 4.79 Å². The molecule has 0 saturated heterocycles. The average molecular weight is 326 g/mol. The van der Waals surface area contributed by atoms with Gasteiger partial charge in [0.1, 0.15) is 17.9 Å². The Bertz CT molecular complexity index is 740. The van der Waals surface area contributed by atoms with Crippen LogP contribution in [0.15, 0.2) is 28.9 Å². The second-order valence-electron chi connectivity index (χ2n) is 5.88. The lowest BCUT2D eigenvalue weighted by Crippen LogP contribution is -2.39. The van der Waals surface area contributed by atoms with Crippen LogP contribution in [0.1, 0.15) is 47.5 Å². The van der Waals surface area contributed by atoms with Crippen LogP contribution >= 0.6 is 0 Å². The highest BCUT2D eigenvalue weighted by Crippen LogP contribution is 2.23. The Morgan fingerprint density at radius 3 is 2.75 bits per heavy atom. The highest BCUT2D eigenvalue weighted by molar-refractivity contribution is 5.92. The average Bonchev–Trinajstić information content (AvgIpc) is 3.04. The Labute approximate surface area is 139 Å². The van der Waals surface area contributed by atoms with Crippen molar-refractivity contribution >= 4 is 5.91 Å². The normalized spacial score (nSPS) is 20.2. The summed E-state index contributed by atoms with van der Waals surface area (Å²) < 4.78 is 10.8. The van der Waals surface area contributed by atoms with Gasteiger partial charge in [0.2, 0.25) is 5.88 Å². The molecule has 3 rings (SSSR count). The number of aryl methyl sites for hydroxylation is 1. The summed E-state index contributed by atoms with van der Waals surface area (Å²) >= 11 is 0. The van der Waals surface area contributed by atoms with Crippen LogP contribution in [-0.4, -0.2) is 28.2 Å². The van der Waals surface area contributed by atoms with Gasteiger partial charge in [-0.15, -0.1) is 0 Å². The first-order valence-electron chi connectivity index (χ1n) is 7.91. The summed E-state index contributed by atoms with van der Waals surface area (Å²) in [5.74, 6) is 0.941. The van der Waals surface area contributed by atoms with Crippen molar-refractivity contribution in [1.29, 1.82) is 5.26 Å². The lowest BCUT2D eigenvalue weighted by molar-refractivity contribution is 0.0881. The fourth-order valence-corrected chi connectivity index (χ4v) is 2.74. The van der Waals surface area contributed by atoms with Gasteiger partial charge >= 0.3 is 0 Å². The van der Waals surface area contributed by atoms with E-state index in [1.54, 1.807) is 25.1 Å². The van der Waals surface area contributed by atoms with E-state index in [-0.39, 0.29) is 18.1 Å². The van der Waals surface area contributed by atoms with Crippen molar-refractivity contribution in [3.63, 3.8) is 0 Å². The zero-order valence-electron chi connectivity index (χ0n) is 13.4. The van der Waals surface area contributed by atoms with Gasteiger partial charge in [-0.1, -0.05) is 5.16 Å². The topological polar surface area (TPSA) is 101 Å². The van der Waals surface area contributed by atoms with Crippen molar-refractivity contribution in [2.24, 2.45) is 0 Å². The van der Waals surface area contributed by atoms with E-state index in [0.717, 1.165) is 25.7 Å². The number of hydrogen-bond acceptors (Lipinski definition) is 6. The fraction of sp³-hybridized carbons (Fsp3) is 0.412. The number of carbonyl (C=O) groups is 1. The van der Waals surface area contributed by atoms with E-state index in [1.807, 2.05) is 6.07 Å². The molecule has 0 aromatic carbocycles. The van der Waals surface area contributed by atoms with Gasteiger partial charge in [-0.25, -0.2) is 4.98 Å². The second kappa shape index (κ2) is 7.13. The third kappa shape index (κ3) is 3.90. The molecule has 1 aliphatic carbocycles. The third-order valence-electron chi connectivity index (χ3n) is 4.02. The van der Waals surface area contributed by atoms with Crippen molar-refractivity contribution in [3.8, 4) is 11.9 Å². The minimum Gasteiger partial charge on any atom is -0.474 e. The maximum Gasteiger partial charge on any atom is 0.273 e. The van der Waals surface area contributed by atoms with Crippen LogP contribution in [0.2, 0.25) is 0 Å². The van der Waals surface area contributed by atoms with Gasteiger partial charge in [0, 0.05) is 24.4 Å². The van der Waals surface area contributed by atoms with Gasteiger partial charge < -0.3 is 14.6 Å². The molecule has 1 aliphatic rings. The molecule has 2 aromatic rings. The third-order valence-corrected chi connectivity index (χ3v) is 4.02. The SMILES string of the molecule is Cc1cc(C(=O)NC2CCC(Oc3ccc(C#N)cn3)CC2)no1. The molecule has 0 spiro atoms. The number of hydrogen-bond donors (Lipinski definition) is 1. The Balaban J connectivity index is 1.47. The Kier molecular flexibility index (Phi) is 4.75. The van der Waals surface area contributed by atoms with Crippen LogP contribution in [0.4, 0.5) is 0 Å². The van der Waals surface area contributed by atoms with Crippen molar-refractivity contribution in [2.75, 3.05) is 0 Å². The number of aromatic nitrogens is 2. The maximum absolute atomic E-state index is 12.1. The van der Waals surface area contributed by atoms with E-state index in [0.29, 0.717) is 22.9 Å². The van der Waals surface area contributed by atoms with Gasteiger partial charge in [-0.2, -0.15) is 5.26 Å². The molecular weight excluding hydrogens is 308 g/mol. The minimum absolute atomic E-state index is 0.0767. The quantitative estimate of drug-likeness (QED) is 0.925. The van der Waals surface area contributed by atoms with Gasteiger partial charge in [0.05, 0.1) is 5.56 Å². The van der Waals surface area contributed by atoms with E-state index >= 15 is 0 Å². The first kappa shape index (κ1) is 16.0. The molecule has 0 unspecified atom stereocenters. The maximum atomic E-state index is 12.1. The minimum atomic E-state index is -0.204. The molecule has 124 valence electrons. The highest BCUT2D eigenvalue weighted by Gasteiger charge is 2.25. The van der Waals surface area contributed by atoms with Crippen LogP contribution in [0, 0.1) is 18.3 Å². The first-order valence-corrected chi connectivity index (χ1v) is 7.91. The highest BCUT2D eigenvalue weighted by atomic mass is 16.5. The van der Waals surface area contributed by atoms with Gasteiger partial charge in [-0.05, 0) is 38.7 Å². The zero-order valence-corrected chi connectivity index (χ0v) is 13.4. The smallest absolute Gasteiger partial charge is 0.273 e. The van der Waals surface area contributed by atoms with Crippen molar-refractivity contribution in [1.82, 2.24) is 15.5 Å².